The standard InChI is InChI=1S/C28H26B2Cl2O3/c1-19-14-24(10-12-27(19)31)29(33)23-8-5-6-21(16-23)17-35-18-22-7-3-4-9-26(22)30(34)25-11-13-28(32)20(2)15-25/h3-16,33-34H,17-18H2,1-2H3. The van der Waals surface area contributed by atoms with Crippen LogP contribution < -0.4 is 21.9 Å². The third-order valence-corrected chi connectivity index (χ3v) is 6.99. The van der Waals surface area contributed by atoms with Crippen LogP contribution in [0.1, 0.15) is 22.3 Å². The largest absolute Gasteiger partial charge is 0.443 e. The molecule has 0 spiro atoms. The Morgan fingerprint density at radius 1 is 0.657 bits per heavy atom. The highest BCUT2D eigenvalue weighted by molar-refractivity contribution is 6.79. The molecule has 0 fully saturated rings. The lowest BCUT2D eigenvalue weighted by Gasteiger charge is -2.15. The monoisotopic (exact) mass is 502 g/mol. The lowest BCUT2D eigenvalue weighted by molar-refractivity contribution is 0.107. The number of rotatable bonds is 8. The minimum atomic E-state index is -0.771. The second kappa shape index (κ2) is 11.5. The van der Waals surface area contributed by atoms with E-state index >= 15 is 0 Å². The summed E-state index contributed by atoms with van der Waals surface area (Å²) in [7, 11) is 0. The van der Waals surface area contributed by atoms with Gasteiger partial charge < -0.3 is 14.8 Å². The summed E-state index contributed by atoms with van der Waals surface area (Å²) >= 11 is 12.3. The molecule has 0 saturated carbocycles. The van der Waals surface area contributed by atoms with Crippen LogP contribution in [0.4, 0.5) is 0 Å². The van der Waals surface area contributed by atoms with Gasteiger partial charge in [0, 0.05) is 10.0 Å². The number of halogens is 2. The van der Waals surface area contributed by atoms with Crippen LogP contribution in [-0.2, 0) is 18.0 Å². The number of benzene rings is 4. The van der Waals surface area contributed by atoms with Crippen LogP contribution in [0.5, 0.6) is 0 Å². The zero-order valence-corrected chi connectivity index (χ0v) is 21.2. The Morgan fingerprint density at radius 3 is 1.91 bits per heavy atom. The van der Waals surface area contributed by atoms with Gasteiger partial charge in [-0.1, -0.05) is 96.0 Å². The maximum absolute atomic E-state index is 11.0. The summed E-state index contributed by atoms with van der Waals surface area (Å²) in [5.41, 5.74) is 6.91. The Kier molecular flexibility index (Phi) is 8.38. The van der Waals surface area contributed by atoms with Crippen LogP contribution in [0.3, 0.4) is 0 Å². The predicted octanol–water partition coefficient (Wildman–Crippen LogP) is 3.52. The van der Waals surface area contributed by atoms with Crippen molar-refractivity contribution in [2.24, 2.45) is 0 Å². The molecule has 0 amide bonds. The van der Waals surface area contributed by atoms with Crippen LogP contribution in [0.25, 0.3) is 0 Å². The molecule has 0 heterocycles. The van der Waals surface area contributed by atoms with Gasteiger partial charge in [-0.3, -0.25) is 0 Å². The van der Waals surface area contributed by atoms with Crippen LogP contribution >= 0.6 is 23.2 Å². The molecule has 7 heteroatoms. The van der Waals surface area contributed by atoms with Crippen molar-refractivity contribution < 1.29 is 14.8 Å². The van der Waals surface area contributed by atoms with E-state index in [0.717, 1.165) is 44.1 Å². The summed E-state index contributed by atoms with van der Waals surface area (Å²) in [5.74, 6) is 0. The SMILES string of the molecule is Cc1cc(B(O)c2cccc(COCc3ccccc3B(O)c3ccc(Cl)c(C)c3)c2)ccc1Cl. The van der Waals surface area contributed by atoms with Gasteiger partial charge in [-0.15, -0.1) is 0 Å². The summed E-state index contributed by atoms with van der Waals surface area (Å²) in [5, 5.41) is 23.2. The number of hydrogen-bond acceptors (Lipinski definition) is 3. The van der Waals surface area contributed by atoms with Gasteiger partial charge in [-0.2, -0.15) is 0 Å². The molecule has 4 aromatic rings. The normalized spacial score (nSPS) is 10.9. The molecule has 0 aliphatic heterocycles. The van der Waals surface area contributed by atoms with Gasteiger partial charge in [0.15, 0.2) is 0 Å². The van der Waals surface area contributed by atoms with Gasteiger partial charge in [0.2, 0.25) is 0 Å². The highest BCUT2D eigenvalue weighted by atomic mass is 35.5. The molecule has 176 valence electrons. The average Bonchev–Trinajstić information content (AvgIpc) is 2.87. The minimum Gasteiger partial charge on any atom is -0.443 e. The van der Waals surface area contributed by atoms with E-state index in [-0.39, 0.29) is 0 Å². The third kappa shape index (κ3) is 6.19. The molecule has 0 aromatic heterocycles. The number of hydrogen-bond donors (Lipinski definition) is 2. The molecule has 0 saturated heterocycles. The van der Waals surface area contributed by atoms with Gasteiger partial charge in [-0.05, 0) is 70.1 Å². The van der Waals surface area contributed by atoms with Crippen LogP contribution in [0.15, 0.2) is 84.9 Å². The Labute approximate surface area is 217 Å². The molecule has 0 unspecified atom stereocenters. The summed E-state index contributed by atoms with van der Waals surface area (Å²) in [6.07, 6.45) is 0. The van der Waals surface area contributed by atoms with E-state index in [2.05, 4.69) is 0 Å². The first-order valence-corrected chi connectivity index (χ1v) is 12.2. The van der Waals surface area contributed by atoms with E-state index in [4.69, 9.17) is 27.9 Å². The lowest BCUT2D eigenvalue weighted by Crippen LogP contribution is -2.44. The van der Waals surface area contributed by atoms with Crippen molar-refractivity contribution in [1.29, 1.82) is 0 Å². The summed E-state index contributed by atoms with van der Waals surface area (Å²) < 4.78 is 6.02. The smallest absolute Gasteiger partial charge is 0.359 e. The molecule has 0 atom stereocenters. The zero-order valence-electron chi connectivity index (χ0n) is 19.7. The molecule has 4 aromatic carbocycles. The van der Waals surface area contributed by atoms with Crippen LogP contribution in [0, 0.1) is 13.8 Å². The second-order valence-corrected chi connectivity index (χ2v) is 9.57. The topological polar surface area (TPSA) is 49.7 Å². The molecule has 0 bridgehead atoms. The fraction of sp³-hybridized carbons (Fsp3) is 0.143. The first-order valence-electron chi connectivity index (χ1n) is 11.5. The third-order valence-electron chi connectivity index (χ3n) is 6.14. The Hall–Kier alpha value is -2.53. The van der Waals surface area contributed by atoms with Crippen molar-refractivity contribution in [3.05, 3.63) is 117 Å². The quantitative estimate of drug-likeness (QED) is 0.362. The van der Waals surface area contributed by atoms with Crippen LogP contribution in [-0.4, -0.2) is 23.9 Å². The van der Waals surface area contributed by atoms with Crippen molar-refractivity contribution in [2.45, 2.75) is 27.1 Å². The Balaban J connectivity index is 1.44. The molecule has 3 nitrogen and oxygen atoms in total. The van der Waals surface area contributed by atoms with Gasteiger partial charge in [0.05, 0.1) is 13.2 Å². The molecule has 2 N–H and O–H groups in total. The lowest BCUT2D eigenvalue weighted by atomic mass is 9.54. The van der Waals surface area contributed by atoms with E-state index in [1.807, 2.05) is 86.6 Å². The molecule has 0 aliphatic carbocycles. The van der Waals surface area contributed by atoms with Gasteiger partial charge in [0.25, 0.3) is 0 Å². The van der Waals surface area contributed by atoms with Crippen LogP contribution in [0.2, 0.25) is 10.0 Å². The van der Waals surface area contributed by atoms with E-state index < -0.39 is 13.8 Å². The van der Waals surface area contributed by atoms with Gasteiger partial charge in [-0.25, -0.2) is 0 Å². The molecular formula is C28H26B2Cl2O3. The van der Waals surface area contributed by atoms with Crippen molar-refractivity contribution in [1.82, 2.24) is 0 Å². The van der Waals surface area contributed by atoms with Crippen molar-refractivity contribution in [2.75, 3.05) is 0 Å². The zero-order chi connectivity index (χ0) is 24.9. The highest BCUT2D eigenvalue weighted by Gasteiger charge is 2.21. The fourth-order valence-corrected chi connectivity index (χ4v) is 4.35. The van der Waals surface area contributed by atoms with E-state index in [1.54, 1.807) is 12.1 Å². The fourth-order valence-electron chi connectivity index (χ4n) is 4.11. The molecule has 0 radical (unpaired) electrons. The van der Waals surface area contributed by atoms with Gasteiger partial charge >= 0.3 is 13.8 Å². The number of ether oxygens (including phenoxy) is 1. The Bertz CT molecular complexity index is 1330. The second-order valence-electron chi connectivity index (χ2n) is 8.76. The maximum atomic E-state index is 11.0. The first-order chi connectivity index (χ1) is 16.8. The van der Waals surface area contributed by atoms with E-state index in [0.29, 0.717) is 23.3 Å². The first kappa shape index (κ1) is 25.6. The summed E-state index contributed by atoms with van der Waals surface area (Å²) in [6, 6.07) is 26.6. The molecule has 4 rings (SSSR count). The molecule has 0 aliphatic rings. The Morgan fingerprint density at radius 2 is 1.26 bits per heavy atom. The molecule has 35 heavy (non-hydrogen) atoms. The van der Waals surface area contributed by atoms with E-state index in [1.165, 1.54) is 0 Å². The predicted molar refractivity (Wildman–Crippen MR) is 148 cm³/mol. The molecular weight excluding hydrogens is 477 g/mol. The van der Waals surface area contributed by atoms with Crippen molar-refractivity contribution >= 4 is 58.9 Å². The van der Waals surface area contributed by atoms with Crippen molar-refractivity contribution in [3.63, 3.8) is 0 Å². The minimum absolute atomic E-state index is 0.350. The summed E-state index contributed by atoms with van der Waals surface area (Å²) in [4.78, 5) is 0. The highest BCUT2D eigenvalue weighted by Crippen LogP contribution is 2.14. The van der Waals surface area contributed by atoms with E-state index in [9.17, 15) is 10.0 Å². The van der Waals surface area contributed by atoms with Gasteiger partial charge in [0.1, 0.15) is 0 Å². The van der Waals surface area contributed by atoms with Crippen molar-refractivity contribution in [3.8, 4) is 0 Å². The average molecular weight is 503 g/mol. The maximum Gasteiger partial charge on any atom is 0.359 e. The summed E-state index contributed by atoms with van der Waals surface area (Å²) in [6.45, 7) is 3.06. The number of aryl methyl sites for hydroxylation is 2.